The van der Waals surface area contributed by atoms with Crippen molar-refractivity contribution in [3.05, 3.63) is 53.1 Å². The summed E-state index contributed by atoms with van der Waals surface area (Å²) in [6.45, 7) is 2.06. The van der Waals surface area contributed by atoms with E-state index in [0.717, 1.165) is 17.0 Å². The van der Waals surface area contributed by atoms with Crippen molar-refractivity contribution in [1.29, 1.82) is 5.26 Å². The van der Waals surface area contributed by atoms with Crippen LogP contribution >= 0.6 is 0 Å². The van der Waals surface area contributed by atoms with Crippen LogP contribution in [0.5, 0.6) is 11.5 Å². The molecule has 0 N–H and O–H groups in total. The second kappa shape index (κ2) is 8.93. The Balaban J connectivity index is 1.41. The number of likely N-dealkylation sites (tertiary alicyclic amines) is 1. The summed E-state index contributed by atoms with van der Waals surface area (Å²) in [5.74, 6) is -0.160. The van der Waals surface area contributed by atoms with Gasteiger partial charge in [0.25, 0.3) is 5.91 Å². The fourth-order valence-electron chi connectivity index (χ4n) is 5.81. The predicted molar refractivity (Wildman–Crippen MR) is 126 cm³/mol. The number of imide groups is 1. The average molecular weight is 528 g/mol. The largest absolute Gasteiger partial charge is 0.493 e. The number of piperazine rings is 1. The number of urea groups is 1. The zero-order valence-electron chi connectivity index (χ0n) is 20.7. The van der Waals surface area contributed by atoms with Crippen LogP contribution in [0.2, 0.25) is 0 Å². The van der Waals surface area contributed by atoms with E-state index < -0.39 is 47.4 Å². The van der Waals surface area contributed by atoms with Crippen molar-refractivity contribution in [3.63, 3.8) is 0 Å². The fraction of sp³-hybridized carbons (Fsp3) is 0.385. The zero-order valence-corrected chi connectivity index (χ0v) is 20.7. The number of halogens is 3. The molecule has 3 saturated heterocycles. The standard InChI is InChI=1S/C26H23F3N4O5/c1-13-18-12-31(21(34)9-14-4-7-19(37-2)20(8-14)38-3)22(13)23-24(35)32(25(36)33(18)23)16-6-5-15(11-30)17(10-16)26(27,28)29/h4-8,10,13,18,22-23H,9,12H2,1-3H3/t13-,18?,22?,23?/m0/s1. The molecule has 38 heavy (non-hydrogen) atoms. The average Bonchev–Trinajstić information content (AvgIpc) is 3.47. The maximum absolute atomic E-state index is 13.5. The minimum Gasteiger partial charge on any atom is -0.493 e. The summed E-state index contributed by atoms with van der Waals surface area (Å²) in [6.07, 6.45) is -4.82. The molecule has 4 amide bonds. The highest BCUT2D eigenvalue weighted by Gasteiger charge is 2.66. The Bertz CT molecular complexity index is 1390. The SMILES string of the molecule is COc1ccc(CC(=O)N2CC3[C@H](C)C2C2C(=O)N(c4ccc(C#N)c(C(F)(F)F)c4)C(=O)N23)cc1OC. The smallest absolute Gasteiger partial charge is 0.417 e. The van der Waals surface area contributed by atoms with Gasteiger partial charge in [-0.1, -0.05) is 13.0 Å². The van der Waals surface area contributed by atoms with Crippen molar-refractivity contribution in [2.24, 2.45) is 5.92 Å². The first-order valence-electron chi connectivity index (χ1n) is 11.8. The molecule has 0 aromatic heterocycles. The van der Waals surface area contributed by atoms with Gasteiger partial charge in [-0.2, -0.15) is 18.4 Å². The van der Waals surface area contributed by atoms with Crippen molar-refractivity contribution < 1.29 is 37.0 Å². The van der Waals surface area contributed by atoms with Gasteiger partial charge in [0.1, 0.15) is 6.04 Å². The first-order valence-corrected chi connectivity index (χ1v) is 11.8. The van der Waals surface area contributed by atoms with E-state index in [1.807, 2.05) is 6.92 Å². The monoisotopic (exact) mass is 528 g/mol. The van der Waals surface area contributed by atoms with Gasteiger partial charge >= 0.3 is 12.2 Å². The number of carbonyl (C=O) groups excluding carboxylic acids is 3. The summed E-state index contributed by atoms with van der Waals surface area (Å²) < 4.78 is 51.1. The van der Waals surface area contributed by atoms with Crippen molar-refractivity contribution in [1.82, 2.24) is 9.80 Å². The lowest BCUT2D eigenvalue weighted by atomic mass is 9.98. The van der Waals surface area contributed by atoms with Crippen molar-refractivity contribution in [2.45, 2.75) is 37.6 Å². The third kappa shape index (κ3) is 3.72. The van der Waals surface area contributed by atoms with Crippen molar-refractivity contribution in [3.8, 4) is 17.6 Å². The summed E-state index contributed by atoms with van der Waals surface area (Å²) in [6, 6.07) is 6.52. The number of anilines is 1. The third-order valence-corrected chi connectivity index (χ3v) is 7.57. The second-order valence-electron chi connectivity index (χ2n) is 9.48. The summed E-state index contributed by atoms with van der Waals surface area (Å²) in [5, 5.41) is 9.07. The highest BCUT2D eigenvalue weighted by molar-refractivity contribution is 6.22. The van der Waals surface area contributed by atoms with Gasteiger partial charge in [0.2, 0.25) is 5.91 Å². The number of nitriles is 1. The van der Waals surface area contributed by atoms with E-state index in [1.165, 1.54) is 25.2 Å². The van der Waals surface area contributed by atoms with E-state index in [9.17, 15) is 27.6 Å². The summed E-state index contributed by atoms with van der Waals surface area (Å²) in [7, 11) is 2.99. The number of hydrogen-bond donors (Lipinski definition) is 0. The number of rotatable bonds is 5. The number of methoxy groups -OCH3 is 2. The first kappa shape index (κ1) is 25.4. The minimum atomic E-state index is -4.84. The molecule has 3 aliphatic rings. The van der Waals surface area contributed by atoms with E-state index in [4.69, 9.17) is 14.7 Å². The molecule has 2 bridgehead atoms. The Morgan fingerprint density at radius 2 is 1.82 bits per heavy atom. The minimum absolute atomic E-state index is 0.0272. The van der Waals surface area contributed by atoms with E-state index in [2.05, 4.69) is 0 Å². The number of amides is 4. The third-order valence-electron chi connectivity index (χ3n) is 7.57. The van der Waals surface area contributed by atoms with Crippen LogP contribution in [0.4, 0.5) is 23.7 Å². The lowest BCUT2D eigenvalue weighted by Gasteiger charge is -2.35. The van der Waals surface area contributed by atoms with Crippen LogP contribution in [-0.4, -0.2) is 66.5 Å². The molecule has 4 atom stereocenters. The van der Waals surface area contributed by atoms with Crippen LogP contribution < -0.4 is 14.4 Å². The first-order chi connectivity index (χ1) is 18.0. The Kier molecular flexibility index (Phi) is 5.97. The Hall–Kier alpha value is -4.27. The molecule has 2 aromatic rings. The quantitative estimate of drug-likeness (QED) is 0.553. The normalized spacial score (nSPS) is 24.1. The highest BCUT2D eigenvalue weighted by Crippen LogP contribution is 2.46. The summed E-state index contributed by atoms with van der Waals surface area (Å²) in [4.78, 5) is 43.8. The molecular weight excluding hydrogens is 505 g/mol. The Morgan fingerprint density at radius 1 is 1.11 bits per heavy atom. The molecule has 0 radical (unpaired) electrons. The number of fused-ring (bicyclic) bond motifs is 5. The predicted octanol–water partition coefficient (Wildman–Crippen LogP) is 3.20. The van der Waals surface area contributed by atoms with Gasteiger partial charge in [-0.05, 0) is 35.9 Å². The van der Waals surface area contributed by atoms with E-state index in [1.54, 1.807) is 23.1 Å². The van der Waals surface area contributed by atoms with E-state index in [-0.39, 0.29) is 30.5 Å². The molecule has 3 aliphatic heterocycles. The van der Waals surface area contributed by atoms with Crippen LogP contribution in [0.1, 0.15) is 23.6 Å². The molecule has 3 heterocycles. The lowest BCUT2D eigenvalue weighted by molar-refractivity contribution is -0.138. The Labute approximate surface area is 215 Å². The van der Waals surface area contributed by atoms with Crippen LogP contribution in [0.15, 0.2) is 36.4 Å². The van der Waals surface area contributed by atoms with Crippen LogP contribution in [-0.2, 0) is 22.2 Å². The molecule has 0 saturated carbocycles. The maximum Gasteiger partial charge on any atom is 0.417 e. The molecule has 0 spiro atoms. The molecule has 2 aromatic carbocycles. The molecule has 3 unspecified atom stereocenters. The Morgan fingerprint density at radius 3 is 2.45 bits per heavy atom. The van der Waals surface area contributed by atoms with Gasteiger partial charge in [0, 0.05) is 12.5 Å². The number of carbonyl (C=O) groups is 3. The van der Waals surface area contributed by atoms with Crippen LogP contribution in [0, 0.1) is 17.2 Å². The highest BCUT2D eigenvalue weighted by atomic mass is 19.4. The van der Waals surface area contributed by atoms with Gasteiger partial charge in [-0.15, -0.1) is 0 Å². The lowest BCUT2D eigenvalue weighted by Crippen LogP contribution is -2.55. The number of benzene rings is 2. The van der Waals surface area contributed by atoms with E-state index in [0.29, 0.717) is 23.1 Å². The fourth-order valence-corrected chi connectivity index (χ4v) is 5.81. The van der Waals surface area contributed by atoms with Gasteiger partial charge in [0.15, 0.2) is 11.5 Å². The number of ether oxygens (including phenoxy) is 2. The van der Waals surface area contributed by atoms with E-state index >= 15 is 0 Å². The molecule has 0 aliphatic carbocycles. The van der Waals surface area contributed by atoms with Crippen molar-refractivity contribution >= 4 is 23.5 Å². The topological polar surface area (TPSA) is 103 Å². The molecule has 12 heteroatoms. The summed E-state index contributed by atoms with van der Waals surface area (Å²) in [5.41, 5.74) is -1.43. The molecule has 5 rings (SSSR count). The van der Waals surface area contributed by atoms with Crippen LogP contribution in [0.25, 0.3) is 0 Å². The second-order valence-corrected chi connectivity index (χ2v) is 9.48. The van der Waals surface area contributed by atoms with Gasteiger partial charge in [-0.25, -0.2) is 9.69 Å². The van der Waals surface area contributed by atoms with Gasteiger partial charge in [0.05, 0.1) is 55.6 Å². The van der Waals surface area contributed by atoms with Crippen molar-refractivity contribution in [2.75, 3.05) is 25.7 Å². The number of nitrogens with zero attached hydrogens (tertiary/aromatic N) is 4. The number of hydrogen-bond acceptors (Lipinski definition) is 6. The zero-order chi connectivity index (χ0) is 27.5. The van der Waals surface area contributed by atoms with Crippen LogP contribution in [0.3, 0.4) is 0 Å². The molecular formula is C26H23F3N4O5. The van der Waals surface area contributed by atoms with Gasteiger partial charge < -0.3 is 19.3 Å². The molecule has 198 valence electrons. The molecule has 3 fully saturated rings. The maximum atomic E-state index is 13.5. The number of alkyl halides is 3. The summed E-state index contributed by atoms with van der Waals surface area (Å²) >= 11 is 0. The molecule has 9 nitrogen and oxygen atoms in total. The van der Waals surface area contributed by atoms with Gasteiger partial charge in [-0.3, -0.25) is 9.59 Å².